The smallest absolute Gasteiger partial charge is 0.387 e. The molecule has 1 aliphatic rings. The Labute approximate surface area is 147 Å². The highest BCUT2D eigenvalue weighted by atomic mass is 19.3. The van der Waals surface area contributed by atoms with Gasteiger partial charge in [0.2, 0.25) is 5.89 Å². The highest BCUT2D eigenvalue weighted by Crippen LogP contribution is 2.31. The van der Waals surface area contributed by atoms with Crippen LogP contribution in [0.4, 0.5) is 13.6 Å². The van der Waals surface area contributed by atoms with Crippen molar-refractivity contribution in [3.05, 3.63) is 41.5 Å². The highest BCUT2D eigenvalue weighted by Gasteiger charge is 2.49. The van der Waals surface area contributed by atoms with Crippen molar-refractivity contribution in [2.45, 2.75) is 39.0 Å². The molecule has 3 amide bonds. The molecule has 0 aliphatic carbocycles. The fourth-order valence-electron chi connectivity index (χ4n) is 2.64. The average molecular weight is 366 g/mol. The molecule has 1 fully saturated rings. The molecule has 26 heavy (non-hydrogen) atoms. The quantitative estimate of drug-likeness (QED) is 0.787. The molecular weight excluding hydrogens is 350 g/mol. The van der Waals surface area contributed by atoms with Crippen LogP contribution in [-0.2, 0) is 23.3 Å². The van der Waals surface area contributed by atoms with Crippen LogP contribution in [-0.4, -0.2) is 33.6 Å². The van der Waals surface area contributed by atoms with E-state index in [0.717, 1.165) is 4.90 Å². The molecule has 0 spiro atoms. The van der Waals surface area contributed by atoms with Crippen LogP contribution in [0.3, 0.4) is 0 Å². The topological polar surface area (TPSA) is 97.6 Å². The highest BCUT2D eigenvalue weighted by molar-refractivity contribution is 6.07. The number of amides is 3. The van der Waals surface area contributed by atoms with Gasteiger partial charge in [-0.1, -0.05) is 24.2 Å². The van der Waals surface area contributed by atoms with E-state index in [0.29, 0.717) is 17.8 Å². The van der Waals surface area contributed by atoms with Crippen molar-refractivity contribution >= 4 is 11.9 Å². The second-order valence-electron chi connectivity index (χ2n) is 5.81. The van der Waals surface area contributed by atoms with Gasteiger partial charge in [-0.15, -0.1) is 0 Å². The molecular formula is C16H16F2N4O4. The van der Waals surface area contributed by atoms with Gasteiger partial charge >= 0.3 is 12.6 Å². The Bertz CT molecular complexity index is 824. The largest absolute Gasteiger partial charge is 0.435 e. The van der Waals surface area contributed by atoms with Gasteiger partial charge in [0.15, 0.2) is 5.82 Å². The summed E-state index contributed by atoms with van der Waals surface area (Å²) in [6.45, 7) is 0.282. The van der Waals surface area contributed by atoms with Crippen molar-refractivity contribution in [2.75, 3.05) is 0 Å². The number of hydrogen-bond donors (Lipinski definition) is 1. The standard InChI is InChI=1S/C16H16F2N4O4/c1-3-11-19-12(26-21-11)8-22-13(23)16(2,20-15(22)24)9-4-6-10(7-5-9)25-14(17)18/h4-7,14H,3,8H2,1-2H3,(H,20,24). The molecule has 1 atom stereocenters. The number of aryl methyl sites for hydroxylation is 1. The summed E-state index contributed by atoms with van der Waals surface area (Å²) in [4.78, 5) is 30.1. The Morgan fingerprint density at radius 1 is 1.31 bits per heavy atom. The van der Waals surface area contributed by atoms with Gasteiger partial charge in [-0.3, -0.25) is 9.69 Å². The Hall–Kier alpha value is -3.04. The molecule has 2 aromatic rings. The first-order valence-corrected chi connectivity index (χ1v) is 7.84. The number of carbonyl (C=O) groups excluding carboxylic acids is 2. The SMILES string of the molecule is CCc1noc(CN2C(=O)NC(C)(c3ccc(OC(F)F)cc3)C2=O)n1. The maximum Gasteiger partial charge on any atom is 0.387 e. The zero-order valence-electron chi connectivity index (χ0n) is 14.0. The molecule has 8 nitrogen and oxygen atoms in total. The fraction of sp³-hybridized carbons (Fsp3) is 0.375. The maximum absolute atomic E-state index is 12.8. The van der Waals surface area contributed by atoms with E-state index in [1.165, 1.54) is 31.2 Å². The van der Waals surface area contributed by atoms with Gasteiger partial charge in [-0.2, -0.15) is 13.8 Å². The minimum Gasteiger partial charge on any atom is -0.435 e. The number of ether oxygens (including phenoxy) is 1. The first-order chi connectivity index (χ1) is 12.3. The third kappa shape index (κ3) is 3.22. The minimum absolute atomic E-state index is 0.0427. The van der Waals surface area contributed by atoms with E-state index in [1.807, 2.05) is 6.92 Å². The Kier molecular flexibility index (Phi) is 4.58. The summed E-state index contributed by atoms with van der Waals surface area (Å²) in [6.07, 6.45) is 0.564. The second kappa shape index (κ2) is 6.70. The van der Waals surface area contributed by atoms with Crippen LogP contribution in [0.5, 0.6) is 5.75 Å². The summed E-state index contributed by atoms with van der Waals surface area (Å²) >= 11 is 0. The van der Waals surface area contributed by atoms with Crippen molar-refractivity contribution in [1.29, 1.82) is 0 Å². The molecule has 0 saturated carbocycles. The third-order valence-electron chi connectivity index (χ3n) is 4.05. The lowest BCUT2D eigenvalue weighted by atomic mass is 9.92. The van der Waals surface area contributed by atoms with Crippen LogP contribution in [0.15, 0.2) is 28.8 Å². The van der Waals surface area contributed by atoms with E-state index in [4.69, 9.17) is 4.52 Å². The molecule has 10 heteroatoms. The van der Waals surface area contributed by atoms with E-state index in [1.54, 1.807) is 0 Å². The molecule has 1 N–H and O–H groups in total. The Morgan fingerprint density at radius 2 is 2.00 bits per heavy atom. The van der Waals surface area contributed by atoms with Gasteiger partial charge in [-0.25, -0.2) is 4.79 Å². The molecule has 1 unspecified atom stereocenters. The molecule has 0 radical (unpaired) electrons. The lowest BCUT2D eigenvalue weighted by molar-refractivity contribution is -0.131. The van der Waals surface area contributed by atoms with Crippen molar-refractivity contribution < 1.29 is 27.6 Å². The van der Waals surface area contributed by atoms with Crippen LogP contribution in [0.25, 0.3) is 0 Å². The predicted molar refractivity (Wildman–Crippen MR) is 83.2 cm³/mol. The second-order valence-corrected chi connectivity index (χ2v) is 5.81. The van der Waals surface area contributed by atoms with Crippen molar-refractivity contribution in [1.82, 2.24) is 20.4 Å². The zero-order chi connectivity index (χ0) is 18.9. The molecule has 1 aliphatic heterocycles. The number of aromatic nitrogens is 2. The summed E-state index contributed by atoms with van der Waals surface area (Å²) in [7, 11) is 0. The number of alkyl halides is 2. The van der Waals surface area contributed by atoms with Crippen LogP contribution in [0.1, 0.15) is 31.1 Å². The van der Waals surface area contributed by atoms with Gasteiger partial charge < -0.3 is 14.6 Å². The number of benzene rings is 1. The monoisotopic (exact) mass is 366 g/mol. The minimum atomic E-state index is -2.94. The van der Waals surface area contributed by atoms with Gasteiger partial charge in [0, 0.05) is 6.42 Å². The normalized spacial score (nSPS) is 20.0. The molecule has 1 aromatic carbocycles. The van der Waals surface area contributed by atoms with Crippen molar-refractivity contribution in [3.8, 4) is 5.75 Å². The molecule has 1 aromatic heterocycles. The number of urea groups is 1. The first-order valence-electron chi connectivity index (χ1n) is 7.84. The summed E-state index contributed by atoms with van der Waals surface area (Å²) in [6, 6.07) is 4.89. The van der Waals surface area contributed by atoms with E-state index < -0.39 is 24.1 Å². The van der Waals surface area contributed by atoms with Crippen LogP contribution < -0.4 is 10.1 Å². The summed E-state index contributed by atoms with van der Waals surface area (Å²) in [5.74, 6) is 0.0694. The van der Waals surface area contributed by atoms with E-state index >= 15 is 0 Å². The number of carbonyl (C=O) groups is 2. The lowest BCUT2D eigenvalue weighted by Gasteiger charge is -2.22. The Morgan fingerprint density at radius 3 is 2.58 bits per heavy atom. The number of rotatable bonds is 6. The lowest BCUT2D eigenvalue weighted by Crippen LogP contribution is -2.40. The molecule has 138 valence electrons. The average Bonchev–Trinajstić information content (AvgIpc) is 3.14. The van der Waals surface area contributed by atoms with Crippen molar-refractivity contribution in [3.63, 3.8) is 0 Å². The van der Waals surface area contributed by atoms with Gasteiger partial charge in [0.05, 0.1) is 0 Å². The van der Waals surface area contributed by atoms with Gasteiger partial charge in [0.25, 0.3) is 5.91 Å². The van der Waals surface area contributed by atoms with Crippen LogP contribution in [0, 0.1) is 0 Å². The Balaban J connectivity index is 1.79. The predicted octanol–water partition coefficient (Wildman–Crippen LogP) is 2.20. The number of imide groups is 1. The summed E-state index contributed by atoms with van der Waals surface area (Å²) in [5, 5.41) is 6.33. The van der Waals surface area contributed by atoms with Crippen molar-refractivity contribution in [2.24, 2.45) is 0 Å². The molecule has 0 bridgehead atoms. The fourth-order valence-corrected chi connectivity index (χ4v) is 2.64. The summed E-state index contributed by atoms with van der Waals surface area (Å²) in [5.41, 5.74) is -0.909. The van der Waals surface area contributed by atoms with Crippen LogP contribution in [0.2, 0.25) is 0 Å². The number of halogens is 2. The molecule has 3 rings (SSSR count). The third-order valence-corrected chi connectivity index (χ3v) is 4.05. The van der Waals surface area contributed by atoms with E-state index in [9.17, 15) is 18.4 Å². The zero-order valence-corrected chi connectivity index (χ0v) is 14.0. The van der Waals surface area contributed by atoms with Gasteiger partial charge in [0.1, 0.15) is 17.8 Å². The van der Waals surface area contributed by atoms with E-state index in [2.05, 4.69) is 20.2 Å². The van der Waals surface area contributed by atoms with Crippen LogP contribution >= 0.6 is 0 Å². The number of nitrogens with one attached hydrogen (secondary N) is 1. The summed E-state index contributed by atoms with van der Waals surface area (Å²) < 4.78 is 33.8. The maximum atomic E-state index is 12.8. The number of hydrogen-bond acceptors (Lipinski definition) is 6. The number of nitrogens with zero attached hydrogens (tertiary/aromatic N) is 3. The first kappa shape index (κ1) is 17.8. The van der Waals surface area contributed by atoms with E-state index in [-0.39, 0.29) is 18.2 Å². The molecule has 2 heterocycles. The van der Waals surface area contributed by atoms with Gasteiger partial charge in [-0.05, 0) is 24.6 Å². The molecule has 1 saturated heterocycles.